The van der Waals surface area contributed by atoms with Crippen LogP contribution in [0.5, 0.6) is 0 Å². The van der Waals surface area contributed by atoms with Crippen LogP contribution in [0.1, 0.15) is 25.5 Å². The highest BCUT2D eigenvalue weighted by molar-refractivity contribution is 6.28. The van der Waals surface area contributed by atoms with Crippen molar-refractivity contribution in [2.75, 3.05) is 18.9 Å². The van der Waals surface area contributed by atoms with Gasteiger partial charge in [0.1, 0.15) is 5.69 Å². The number of piperidine rings is 1. The average Bonchev–Trinajstić information content (AvgIpc) is 2.32. The second-order valence-electron chi connectivity index (χ2n) is 5.23. The molecular formula is C12H18ClN5O2. The minimum Gasteiger partial charge on any atom is -0.361 e. The minimum atomic E-state index is -0.466. The Hall–Kier alpha value is -1.47. The molecule has 2 rings (SSSR count). The lowest BCUT2D eigenvalue weighted by molar-refractivity contribution is -0.385. The lowest BCUT2D eigenvalue weighted by Crippen LogP contribution is -2.42. The number of aromatic nitrogens is 2. The zero-order valence-electron chi connectivity index (χ0n) is 11.8. The summed E-state index contributed by atoms with van der Waals surface area (Å²) in [5.41, 5.74) is 0.180. The Labute approximate surface area is 122 Å². The normalized spacial score (nSPS) is 23.6. The number of nitrogens with one attached hydrogen (secondary N) is 1. The molecule has 0 bridgehead atoms. The van der Waals surface area contributed by atoms with Gasteiger partial charge in [0.2, 0.25) is 11.1 Å². The predicted molar refractivity (Wildman–Crippen MR) is 77.2 cm³/mol. The third-order valence-electron chi connectivity index (χ3n) is 3.76. The number of hydrogen-bond donors (Lipinski definition) is 1. The highest BCUT2D eigenvalue weighted by atomic mass is 35.5. The van der Waals surface area contributed by atoms with E-state index in [9.17, 15) is 10.1 Å². The van der Waals surface area contributed by atoms with Crippen LogP contribution >= 0.6 is 11.6 Å². The van der Waals surface area contributed by atoms with Gasteiger partial charge in [-0.3, -0.25) is 10.1 Å². The van der Waals surface area contributed by atoms with Crippen molar-refractivity contribution in [3.63, 3.8) is 0 Å². The van der Waals surface area contributed by atoms with Crippen molar-refractivity contribution in [2.24, 2.45) is 0 Å². The fraction of sp³-hybridized carbons (Fsp3) is 0.667. The number of aryl methyl sites for hydroxylation is 1. The van der Waals surface area contributed by atoms with Crippen LogP contribution in [0.2, 0.25) is 5.28 Å². The van der Waals surface area contributed by atoms with Gasteiger partial charge in [-0.25, -0.2) is 4.98 Å². The van der Waals surface area contributed by atoms with Crippen LogP contribution in [0.3, 0.4) is 0 Å². The van der Waals surface area contributed by atoms with E-state index >= 15 is 0 Å². The third kappa shape index (κ3) is 3.16. The molecule has 0 amide bonds. The van der Waals surface area contributed by atoms with E-state index in [1.807, 2.05) is 0 Å². The van der Waals surface area contributed by atoms with Gasteiger partial charge in [0.05, 0.1) is 4.92 Å². The van der Waals surface area contributed by atoms with Crippen molar-refractivity contribution in [2.45, 2.75) is 38.8 Å². The quantitative estimate of drug-likeness (QED) is 0.523. The SMILES string of the molecule is Cc1nc(Cl)nc(NC2CCN(C)C(C)C2)c1[N+](=O)[O-]. The topological polar surface area (TPSA) is 84.2 Å². The number of nitrogens with zero attached hydrogens (tertiary/aromatic N) is 4. The lowest BCUT2D eigenvalue weighted by atomic mass is 9.99. The standard InChI is InChI=1S/C12H18ClN5O2/c1-7-6-9(4-5-17(7)3)15-11-10(18(19)20)8(2)14-12(13)16-11/h7,9H,4-6H2,1-3H3,(H,14,15,16). The molecule has 8 heteroatoms. The summed E-state index contributed by atoms with van der Waals surface area (Å²) in [6.07, 6.45) is 1.83. The summed E-state index contributed by atoms with van der Waals surface area (Å²) in [5, 5.41) is 14.3. The summed E-state index contributed by atoms with van der Waals surface area (Å²) in [5.74, 6) is 0.217. The Morgan fingerprint density at radius 1 is 1.50 bits per heavy atom. The molecule has 0 aliphatic carbocycles. The van der Waals surface area contributed by atoms with Gasteiger partial charge >= 0.3 is 5.69 Å². The Bertz CT molecular complexity index is 525. The average molecular weight is 300 g/mol. The number of likely N-dealkylation sites (tertiary alicyclic amines) is 1. The zero-order chi connectivity index (χ0) is 14.9. The summed E-state index contributed by atoms with van der Waals surface area (Å²) in [6, 6.07) is 0.587. The van der Waals surface area contributed by atoms with Gasteiger partial charge in [-0.2, -0.15) is 4.98 Å². The van der Waals surface area contributed by atoms with E-state index in [1.165, 1.54) is 0 Å². The number of hydrogen-bond acceptors (Lipinski definition) is 6. The van der Waals surface area contributed by atoms with E-state index in [4.69, 9.17) is 11.6 Å². The van der Waals surface area contributed by atoms with Crippen molar-refractivity contribution < 1.29 is 4.92 Å². The zero-order valence-corrected chi connectivity index (χ0v) is 12.5. The summed E-state index contributed by atoms with van der Waals surface area (Å²) in [6.45, 7) is 4.65. The molecule has 0 radical (unpaired) electrons. The van der Waals surface area contributed by atoms with E-state index in [2.05, 4.69) is 34.2 Å². The molecule has 1 aliphatic heterocycles. The number of halogens is 1. The first-order valence-electron chi connectivity index (χ1n) is 6.53. The van der Waals surface area contributed by atoms with Gasteiger partial charge in [0, 0.05) is 18.6 Å². The molecule has 1 fully saturated rings. The molecular weight excluding hydrogens is 282 g/mol. The summed E-state index contributed by atoms with van der Waals surface area (Å²) in [7, 11) is 2.08. The molecule has 2 heterocycles. The molecule has 1 saturated heterocycles. The van der Waals surface area contributed by atoms with E-state index < -0.39 is 4.92 Å². The maximum atomic E-state index is 11.1. The van der Waals surface area contributed by atoms with Crippen LogP contribution in [0.15, 0.2) is 0 Å². The molecule has 2 unspecified atom stereocenters. The van der Waals surface area contributed by atoms with Gasteiger partial charge in [0.15, 0.2) is 0 Å². The summed E-state index contributed by atoms with van der Waals surface area (Å²) < 4.78 is 0. The number of nitro groups is 1. The van der Waals surface area contributed by atoms with Crippen LogP contribution in [0.25, 0.3) is 0 Å². The van der Waals surface area contributed by atoms with Crippen LogP contribution in [0, 0.1) is 17.0 Å². The molecule has 0 spiro atoms. The molecule has 1 aliphatic rings. The van der Waals surface area contributed by atoms with Gasteiger partial charge in [-0.15, -0.1) is 0 Å². The fourth-order valence-electron chi connectivity index (χ4n) is 2.47. The smallest absolute Gasteiger partial charge is 0.332 e. The van der Waals surface area contributed by atoms with Crippen LogP contribution in [0.4, 0.5) is 11.5 Å². The molecule has 0 saturated carbocycles. The van der Waals surface area contributed by atoms with Gasteiger partial charge in [-0.05, 0) is 45.3 Å². The van der Waals surface area contributed by atoms with Gasteiger partial charge in [0.25, 0.3) is 0 Å². The second-order valence-corrected chi connectivity index (χ2v) is 5.57. The Morgan fingerprint density at radius 2 is 2.20 bits per heavy atom. The van der Waals surface area contributed by atoms with Gasteiger partial charge < -0.3 is 10.2 Å². The largest absolute Gasteiger partial charge is 0.361 e. The summed E-state index contributed by atoms with van der Waals surface area (Å²) in [4.78, 5) is 20.8. The molecule has 1 N–H and O–H groups in total. The van der Waals surface area contributed by atoms with Crippen molar-refractivity contribution in [1.82, 2.24) is 14.9 Å². The maximum Gasteiger partial charge on any atom is 0.332 e. The first kappa shape index (κ1) is 14.9. The van der Waals surface area contributed by atoms with E-state index in [0.717, 1.165) is 19.4 Å². The molecule has 20 heavy (non-hydrogen) atoms. The minimum absolute atomic E-state index is 0.0246. The second kappa shape index (κ2) is 5.88. The fourth-order valence-corrected chi connectivity index (χ4v) is 2.68. The van der Waals surface area contributed by atoms with Crippen LogP contribution in [-0.2, 0) is 0 Å². The van der Waals surface area contributed by atoms with Crippen molar-refractivity contribution in [1.29, 1.82) is 0 Å². The lowest BCUT2D eigenvalue weighted by Gasteiger charge is -2.35. The van der Waals surface area contributed by atoms with E-state index in [1.54, 1.807) is 6.92 Å². The molecule has 7 nitrogen and oxygen atoms in total. The highest BCUT2D eigenvalue weighted by Crippen LogP contribution is 2.29. The van der Waals surface area contributed by atoms with Gasteiger partial charge in [-0.1, -0.05) is 0 Å². The Morgan fingerprint density at radius 3 is 2.80 bits per heavy atom. The maximum absolute atomic E-state index is 11.1. The molecule has 110 valence electrons. The van der Waals surface area contributed by atoms with Crippen molar-refractivity contribution in [3.8, 4) is 0 Å². The van der Waals surface area contributed by atoms with Crippen LogP contribution < -0.4 is 5.32 Å². The molecule has 0 aromatic carbocycles. The monoisotopic (exact) mass is 299 g/mol. The predicted octanol–water partition coefficient (Wildman–Crippen LogP) is 2.24. The highest BCUT2D eigenvalue weighted by Gasteiger charge is 2.27. The first-order valence-corrected chi connectivity index (χ1v) is 6.91. The molecule has 1 aromatic heterocycles. The Balaban J connectivity index is 2.23. The van der Waals surface area contributed by atoms with E-state index in [0.29, 0.717) is 6.04 Å². The van der Waals surface area contributed by atoms with Crippen molar-refractivity contribution >= 4 is 23.1 Å². The number of rotatable bonds is 3. The molecule has 2 atom stereocenters. The third-order valence-corrected chi connectivity index (χ3v) is 3.93. The Kier molecular flexibility index (Phi) is 4.39. The molecule has 1 aromatic rings. The van der Waals surface area contributed by atoms with E-state index in [-0.39, 0.29) is 28.5 Å². The van der Waals surface area contributed by atoms with Crippen molar-refractivity contribution in [3.05, 3.63) is 21.1 Å². The first-order chi connectivity index (χ1) is 9.38. The van der Waals surface area contributed by atoms with Crippen LogP contribution in [-0.4, -0.2) is 45.5 Å². The summed E-state index contributed by atoms with van der Waals surface area (Å²) >= 11 is 5.80. The number of anilines is 1.